The fraction of sp³-hybridized carbons (Fsp3) is 0.467. The Kier molecular flexibility index (Phi) is 2.62. The molecule has 1 amide bonds. The fourth-order valence-corrected chi connectivity index (χ4v) is 3.50. The number of rotatable bonds is 2. The molecule has 1 aromatic rings. The zero-order valence-electron chi connectivity index (χ0n) is 11.1. The minimum atomic E-state index is -0.717. The minimum Gasteiger partial charge on any atom is -0.467 e. The topological polar surface area (TPSA) is 46.6 Å². The second-order valence-electron chi connectivity index (χ2n) is 5.47. The molecule has 4 rings (SSSR count). The van der Waals surface area contributed by atoms with Gasteiger partial charge in [0.2, 0.25) is 0 Å². The molecule has 1 atom stereocenters. The SMILES string of the molecule is COC(=O)C12CC(C1)[C@H](C)N2C(=O)c1ccccc1. The molecule has 2 bridgehead atoms. The Bertz CT molecular complexity index is 519. The third-order valence-corrected chi connectivity index (χ3v) is 4.56. The predicted octanol–water partition coefficient (Wildman–Crippen LogP) is 1.85. The Balaban J connectivity index is 1.95. The van der Waals surface area contributed by atoms with Gasteiger partial charge in [-0.15, -0.1) is 0 Å². The number of benzene rings is 1. The zero-order chi connectivity index (χ0) is 13.6. The number of carbonyl (C=O) groups is 2. The van der Waals surface area contributed by atoms with Gasteiger partial charge in [0.25, 0.3) is 5.91 Å². The highest BCUT2D eigenvalue weighted by atomic mass is 16.5. The Morgan fingerprint density at radius 2 is 1.89 bits per heavy atom. The van der Waals surface area contributed by atoms with Gasteiger partial charge in [-0.2, -0.15) is 0 Å². The van der Waals surface area contributed by atoms with Crippen LogP contribution in [0, 0.1) is 5.92 Å². The van der Waals surface area contributed by atoms with E-state index in [0.717, 1.165) is 12.8 Å². The Labute approximate surface area is 112 Å². The molecule has 3 aliphatic rings. The number of hydrogen-bond acceptors (Lipinski definition) is 3. The van der Waals surface area contributed by atoms with Gasteiger partial charge in [-0.05, 0) is 37.8 Å². The first-order valence-corrected chi connectivity index (χ1v) is 6.57. The molecule has 2 saturated heterocycles. The molecule has 0 aromatic heterocycles. The predicted molar refractivity (Wildman–Crippen MR) is 69.5 cm³/mol. The summed E-state index contributed by atoms with van der Waals surface area (Å²) in [5.41, 5.74) is -0.0867. The Morgan fingerprint density at radius 1 is 1.26 bits per heavy atom. The maximum atomic E-state index is 12.6. The summed E-state index contributed by atoms with van der Waals surface area (Å²) in [5.74, 6) is 0.0719. The summed E-state index contributed by atoms with van der Waals surface area (Å²) in [6.07, 6.45) is 1.47. The van der Waals surface area contributed by atoms with Gasteiger partial charge in [0.05, 0.1) is 7.11 Å². The van der Waals surface area contributed by atoms with Crippen LogP contribution in [0.2, 0.25) is 0 Å². The van der Waals surface area contributed by atoms with Crippen LogP contribution in [0.1, 0.15) is 30.1 Å². The van der Waals surface area contributed by atoms with Crippen LogP contribution in [-0.4, -0.2) is 35.5 Å². The second kappa shape index (κ2) is 4.08. The lowest BCUT2D eigenvalue weighted by Gasteiger charge is -2.39. The molecule has 1 aromatic carbocycles. The largest absolute Gasteiger partial charge is 0.467 e. The molecular formula is C15H17NO3. The Hall–Kier alpha value is -1.84. The van der Waals surface area contributed by atoms with Crippen LogP contribution in [0.4, 0.5) is 0 Å². The minimum absolute atomic E-state index is 0.0708. The number of esters is 1. The van der Waals surface area contributed by atoms with Crippen molar-refractivity contribution in [1.82, 2.24) is 4.90 Å². The van der Waals surface area contributed by atoms with Crippen molar-refractivity contribution < 1.29 is 14.3 Å². The molecule has 0 unspecified atom stereocenters. The molecule has 0 N–H and O–H groups in total. The smallest absolute Gasteiger partial charge is 0.331 e. The summed E-state index contributed by atoms with van der Waals surface area (Å²) in [6, 6.07) is 9.23. The van der Waals surface area contributed by atoms with Gasteiger partial charge < -0.3 is 9.64 Å². The molecule has 4 heteroatoms. The van der Waals surface area contributed by atoms with E-state index >= 15 is 0 Å². The highest BCUT2D eigenvalue weighted by Crippen LogP contribution is 2.55. The lowest BCUT2D eigenvalue weighted by Crippen LogP contribution is -2.55. The summed E-state index contributed by atoms with van der Waals surface area (Å²) in [6.45, 7) is 2.02. The number of ether oxygens (including phenoxy) is 1. The third-order valence-electron chi connectivity index (χ3n) is 4.56. The normalized spacial score (nSPS) is 31.8. The van der Waals surface area contributed by atoms with Crippen LogP contribution in [-0.2, 0) is 9.53 Å². The van der Waals surface area contributed by atoms with Crippen LogP contribution >= 0.6 is 0 Å². The molecule has 19 heavy (non-hydrogen) atoms. The molecule has 2 aliphatic heterocycles. The van der Waals surface area contributed by atoms with Crippen LogP contribution in [0.25, 0.3) is 0 Å². The number of amides is 1. The first-order valence-electron chi connectivity index (χ1n) is 6.57. The van der Waals surface area contributed by atoms with Gasteiger partial charge in [0.1, 0.15) is 5.54 Å². The van der Waals surface area contributed by atoms with Crippen molar-refractivity contribution in [3.05, 3.63) is 35.9 Å². The van der Waals surface area contributed by atoms with E-state index in [1.165, 1.54) is 7.11 Å². The van der Waals surface area contributed by atoms with E-state index < -0.39 is 5.54 Å². The van der Waals surface area contributed by atoms with E-state index in [-0.39, 0.29) is 17.9 Å². The monoisotopic (exact) mass is 259 g/mol. The fourth-order valence-electron chi connectivity index (χ4n) is 3.50. The van der Waals surface area contributed by atoms with Crippen molar-refractivity contribution in [3.63, 3.8) is 0 Å². The van der Waals surface area contributed by atoms with Crippen molar-refractivity contribution >= 4 is 11.9 Å². The third kappa shape index (κ3) is 1.52. The molecule has 4 nitrogen and oxygen atoms in total. The standard InChI is InChI=1S/C15H17NO3/c1-10-12-8-15(9-12,14(18)19-2)16(10)13(17)11-6-4-3-5-7-11/h3-7,10,12H,8-9H2,1-2H3/t10-,12?,15?/m0/s1. The summed E-state index contributed by atoms with van der Waals surface area (Å²) >= 11 is 0. The van der Waals surface area contributed by atoms with Crippen LogP contribution in [0.5, 0.6) is 0 Å². The summed E-state index contributed by atoms with van der Waals surface area (Å²) in [4.78, 5) is 26.4. The highest BCUT2D eigenvalue weighted by molar-refractivity contribution is 5.99. The van der Waals surface area contributed by atoms with Gasteiger partial charge >= 0.3 is 5.97 Å². The molecular weight excluding hydrogens is 242 g/mol. The van der Waals surface area contributed by atoms with Gasteiger partial charge in [-0.1, -0.05) is 18.2 Å². The van der Waals surface area contributed by atoms with Crippen molar-refractivity contribution in [2.45, 2.75) is 31.3 Å². The summed E-state index contributed by atoms with van der Waals surface area (Å²) < 4.78 is 4.91. The van der Waals surface area contributed by atoms with E-state index in [0.29, 0.717) is 11.5 Å². The number of methoxy groups -OCH3 is 1. The van der Waals surface area contributed by atoms with Gasteiger partial charge in [0.15, 0.2) is 0 Å². The van der Waals surface area contributed by atoms with E-state index in [4.69, 9.17) is 4.74 Å². The van der Waals surface area contributed by atoms with Crippen molar-refractivity contribution in [2.24, 2.45) is 5.92 Å². The highest BCUT2D eigenvalue weighted by Gasteiger charge is 2.66. The average molecular weight is 259 g/mol. The van der Waals surface area contributed by atoms with Gasteiger partial charge in [-0.3, -0.25) is 4.79 Å². The van der Waals surface area contributed by atoms with Gasteiger partial charge in [-0.25, -0.2) is 4.79 Å². The van der Waals surface area contributed by atoms with Crippen LogP contribution in [0.15, 0.2) is 30.3 Å². The van der Waals surface area contributed by atoms with E-state index in [2.05, 4.69) is 0 Å². The first-order chi connectivity index (χ1) is 9.10. The van der Waals surface area contributed by atoms with E-state index in [1.807, 2.05) is 25.1 Å². The zero-order valence-corrected chi connectivity index (χ0v) is 11.1. The molecule has 1 aliphatic carbocycles. The van der Waals surface area contributed by atoms with Crippen LogP contribution in [0.3, 0.4) is 0 Å². The number of carbonyl (C=O) groups excluding carboxylic acids is 2. The van der Waals surface area contributed by atoms with E-state index in [9.17, 15) is 9.59 Å². The summed E-state index contributed by atoms with van der Waals surface area (Å²) in [5, 5.41) is 0. The van der Waals surface area contributed by atoms with Crippen molar-refractivity contribution in [3.8, 4) is 0 Å². The number of fused-ring (bicyclic) bond motifs is 1. The maximum Gasteiger partial charge on any atom is 0.331 e. The van der Waals surface area contributed by atoms with Crippen molar-refractivity contribution in [1.29, 1.82) is 0 Å². The summed E-state index contributed by atoms with van der Waals surface area (Å²) in [7, 11) is 1.39. The first kappa shape index (κ1) is 12.2. The molecule has 100 valence electrons. The molecule has 0 radical (unpaired) electrons. The quantitative estimate of drug-likeness (QED) is 0.761. The van der Waals surface area contributed by atoms with Gasteiger partial charge in [0, 0.05) is 11.6 Å². The second-order valence-corrected chi connectivity index (χ2v) is 5.47. The number of nitrogens with zero attached hydrogens (tertiary/aromatic N) is 1. The van der Waals surface area contributed by atoms with Crippen LogP contribution < -0.4 is 0 Å². The lowest BCUT2D eigenvalue weighted by molar-refractivity contribution is -0.155. The van der Waals surface area contributed by atoms with Crippen molar-refractivity contribution in [2.75, 3.05) is 7.11 Å². The average Bonchev–Trinajstić information content (AvgIpc) is 2.85. The molecule has 2 heterocycles. The lowest BCUT2D eigenvalue weighted by atomic mass is 9.72. The molecule has 1 saturated carbocycles. The number of hydrogen-bond donors (Lipinski definition) is 0. The Morgan fingerprint density at radius 3 is 2.47 bits per heavy atom. The molecule has 0 spiro atoms. The molecule has 3 fully saturated rings. The van der Waals surface area contributed by atoms with E-state index in [1.54, 1.807) is 17.0 Å². The maximum absolute atomic E-state index is 12.6.